The highest BCUT2D eigenvalue weighted by atomic mass is 19.1. The van der Waals surface area contributed by atoms with Crippen molar-refractivity contribution in [3.63, 3.8) is 0 Å². The molecule has 0 unspecified atom stereocenters. The first kappa shape index (κ1) is 33.4. The Morgan fingerprint density at radius 2 is 1.71 bits per heavy atom. The lowest BCUT2D eigenvalue weighted by Gasteiger charge is -2.32. The molecule has 4 heterocycles. The number of unbranched alkanes of at least 4 members (excludes halogenated alkanes) is 2. The normalized spacial score (nSPS) is 14.1. The Balaban J connectivity index is 1.46. The van der Waals surface area contributed by atoms with Crippen molar-refractivity contribution in [2.24, 2.45) is 0 Å². The molecule has 0 saturated carbocycles. The minimum atomic E-state index is -0.621. The second-order valence-corrected chi connectivity index (χ2v) is 12.1. The van der Waals surface area contributed by atoms with E-state index in [9.17, 15) is 14.3 Å². The molecule has 13 nitrogen and oxygen atoms in total. The average molecular weight is 622 g/mol. The molecule has 242 valence electrons. The van der Waals surface area contributed by atoms with E-state index in [1.54, 1.807) is 6.20 Å². The molecule has 1 amide bonds. The summed E-state index contributed by atoms with van der Waals surface area (Å²) in [5.41, 5.74) is 7.83. The van der Waals surface area contributed by atoms with E-state index in [2.05, 4.69) is 58.1 Å². The van der Waals surface area contributed by atoms with Crippen LogP contribution in [0.4, 0.5) is 27.9 Å². The number of rotatable bonds is 16. The van der Waals surface area contributed by atoms with Crippen LogP contribution in [0.25, 0.3) is 22.1 Å². The molecule has 2 atom stereocenters. The molecule has 0 radical (unpaired) electrons. The number of nitrogen functional groups attached to an aromatic ring is 1. The lowest BCUT2D eigenvalue weighted by molar-refractivity contribution is -0.119. The molecule has 0 aliphatic carbocycles. The van der Waals surface area contributed by atoms with Crippen LogP contribution in [0.15, 0.2) is 24.5 Å². The minimum Gasteiger partial charge on any atom is -0.394 e. The Bertz CT molecular complexity index is 1640. The van der Waals surface area contributed by atoms with E-state index in [0.717, 1.165) is 43.9 Å². The van der Waals surface area contributed by atoms with Crippen molar-refractivity contribution >= 4 is 51.5 Å². The maximum Gasteiger partial charge on any atom is 0.225 e. The molecule has 0 aromatic carbocycles. The molecule has 0 fully saturated rings. The van der Waals surface area contributed by atoms with Crippen LogP contribution in [0.3, 0.4) is 0 Å². The highest BCUT2D eigenvalue weighted by Gasteiger charge is 2.27. The van der Waals surface area contributed by atoms with Crippen LogP contribution in [-0.4, -0.2) is 71.7 Å². The first-order valence-electron chi connectivity index (χ1n) is 15.3. The van der Waals surface area contributed by atoms with Crippen LogP contribution < -0.4 is 27.0 Å². The monoisotopic (exact) mass is 621 g/mol. The number of hydrogen-bond donors (Lipinski definition) is 6. The lowest BCUT2D eigenvalue weighted by Crippen LogP contribution is -2.46. The number of halogens is 1. The van der Waals surface area contributed by atoms with Gasteiger partial charge in [0.15, 0.2) is 11.6 Å². The Morgan fingerprint density at radius 1 is 0.978 bits per heavy atom. The van der Waals surface area contributed by atoms with Crippen LogP contribution in [0, 0.1) is 12.7 Å². The molecule has 7 N–H and O–H groups in total. The first-order valence-corrected chi connectivity index (χ1v) is 15.3. The number of amides is 1. The Hall–Kier alpha value is -4.46. The van der Waals surface area contributed by atoms with Crippen molar-refractivity contribution in [1.82, 2.24) is 35.2 Å². The predicted octanol–water partition coefficient (Wildman–Crippen LogP) is 4.33. The fraction of sp³-hybridized carbons (Fsp3) is 0.516. The molecule has 0 aliphatic heterocycles. The number of anilines is 4. The zero-order chi connectivity index (χ0) is 32.6. The highest BCUT2D eigenvalue weighted by molar-refractivity contribution is 5.88. The molecule has 0 saturated heterocycles. The van der Waals surface area contributed by atoms with E-state index in [0.29, 0.717) is 59.2 Å². The van der Waals surface area contributed by atoms with Crippen LogP contribution >= 0.6 is 0 Å². The van der Waals surface area contributed by atoms with Crippen molar-refractivity contribution < 1.29 is 14.3 Å². The molecular weight excluding hydrogens is 577 g/mol. The molecule has 4 aromatic heterocycles. The van der Waals surface area contributed by atoms with Crippen molar-refractivity contribution in [2.75, 3.05) is 41.4 Å². The number of nitrogens with zero attached hydrogens (tertiary/aromatic N) is 6. The third-order valence-electron chi connectivity index (χ3n) is 7.74. The highest BCUT2D eigenvalue weighted by Crippen LogP contribution is 2.28. The van der Waals surface area contributed by atoms with Gasteiger partial charge in [0.1, 0.15) is 16.9 Å². The zero-order valence-electron chi connectivity index (χ0n) is 26.7. The van der Waals surface area contributed by atoms with Gasteiger partial charge in [-0.25, -0.2) is 19.3 Å². The number of nitrogens with two attached hydrogens (primary N) is 1. The van der Waals surface area contributed by atoms with Gasteiger partial charge < -0.3 is 32.1 Å². The number of hydrogen-bond acceptors (Lipinski definition) is 12. The molecule has 0 aliphatic rings. The number of nitrogens with one attached hydrogen (secondary N) is 4. The molecular formula is C31H44FN11O2. The van der Waals surface area contributed by atoms with Gasteiger partial charge in [0.2, 0.25) is 17.8 Å². The number of aliphatic hydroxyl groups excluding tert-OH is 1. The minimum absolute atomic E-state index is 0.0964. The van der Waals surface area contributed by atoms with Gasteiger partial charge in [-0.05, 0) is 58.1 Å². The number of pyridine rings is 2. The van der Waals surface area contributed by atoms with Crippen LogP contribution in [-0.2, 0) is 4.79 Å². The van der Waals surface area contributed by atoms with Gasteiger partial charge >= 0.3 is 0 Å². The predicted molar refractivity (Wildman–Crippen MR) is 175 cm³/mol. The van der Waals surface area contributed by atoms with Crippen LogP contribution in [0.5, 0.6) is 0 Å². The number of aliphatic hydroxyl groups is 1. The maximum atomic E-state index is 14.1. The largest absolute Gasteiger partial charge is 0.394 e. The molecule has 45 heavy (non-hydrogen) atoms. The van der Waals surface area contributed by atoms with Gasteiger partial charge in [0.25, 0.3) is 0 Å². The Morgan fingerprint density at radius 3 is 2.44 bits per heavy atom. The van der Waals surface area contributed by atoms with E-state index >= 15 is 0 Å². The Kier molecular flexibility index (Phi) is 10.8. The second kappa shape index (κ2) is 14.5. The van der Waals surface area contributed by atoms with Gasteiger partial charge in [-0.15, -0.1) is 0 Å². The molecule has 4 aromatic rings. The second-order valence-electron chi connectivity index (χ2n) is 12.1. The summed E-state index contributed by atoms with van der Waals surface area (Å²) in [5, 5.41) is 23.1. The number of aryl methyl sites for hydroxylation is 1. The summed E-state index contributed by atoms with van der Waals surface area (Å²) >= 11 is 0. The van der Waals surface area contributed by atoms with Gasteiger partial charge in [0, 0.05) is 32.3 Å². The summed E-state index contributed by atoms with van der Waals surface area (Å²) in [7, 11) is 0. The number of carbonyl (C=O) groups excluding carboxylic acids is 1. The SMILES string of the molecule is CCCC[C@](C)(CO)Nc1nc(NCCCC[C@](C)(CNC(C)=O)Nc2nc(N)nc3c(C)ccnc23)nc2cc(F)cnc12. The van der Waals surface area contributed by atoms with Gasteiger partial charge in [-0.1, -0.05) is 19.8 Å². The van der Waals surface area contributed by atoms with Crippen molar-refractivity contribution in [2.45, 2.75) is 84.2 Å². The Labute approximate surface area is 262 Å². The molecule has 0 bridgehead atoms. The quantitative estimate of drug-likeness (QED) is 0.0973. The standard InChI is InChI=1S/C31H44FN11O2/c1-6-7-11-31(5,18-44)43-26-24-22(15-21(32)16-36-24)38-29(41-26)35-13-9-8-12-30(4,17-37-20(3)45)42-27-25-23(39-28(33)40-27)19(2)10-14-34-25/h10,14-16,44H,6-9,11-13,17-18H2,1-5H3,(H,37,45)(H3,33,39,40,42)(H2,35,38,41,43)/t30-,31-/m1/s1. The van der Waals surface area contributed by atoms with Crippen LogP contribution in [0.2, 0.25) is 0 Å². The number of fused-ring (bicyclic) bond motifs is 2. The summed E-state index contributed by atoms with van der Waals surface area (Å²) in [6, 6.07) is 3.19. The van der Waals surface area contributed by atoms with Crippen LogP contribution in [0.1, 0.15) is 71.8 Å². The van der Waals surface area contributed by atoms with Crippen molar-refractivity contribution in [3.05, 3.63) is 35.9 Å². The third-order valence-corrected chi connectivity index (χ3v) is 7.74. The molecule has 4 rings (SSSR count). The average Bonchev–Trinajstić information content (AvgIpc) is 2.99. The first-order chi connectivity index (χ1) is 21.4. The maximum absolute atomic E-state index is 14.1. The van der Waals surface area contributed by atoms with Gasteiger partial charge in [-0.3, -0.25) is 9.78 Å². The lowest BCUT2D eigenvalue weighted by atomic mass is 9.94. The fourth-order valence-electron chi connectivity index (χ4n) is 5.09. The summed E-state index contributed by atoms with van der Waals surface area (Å²) in [5.74, 6) is 0.770. The van der Waals surface area contributed by atoms with E-state index in [4.69, 9.17) is 5.73 Å². The van der Waals surface area contributed by atoms with Gasteiger partial charge in [-0.2, -0.15) is 9.97 Å². The summed E-state index contributed by atoms with van der Waals surface area (Å²) in [6.45, 7) is 10.3. The third kappa shape index (κ3) is 8.81. The fourth-order valence-corrected chi connectivity index (χ4v) is 5.09. The van der Waals surface area contributed by atoms with Crippen molar-refractivity contribution in [3.8, 4) is 0 Å². The summed E-state index contributed by atoms with van der Waals surface area (Å²) < 4.78 is 14.1. The van der Waals surface area contributed by atoms with E-state index < -0.39 is 16.9 Å². The van der Waals surface area contributed by atoms with Gasteiger partial charge in [0.05, 0.1) is 34.9 Å². The topological polar surface area (TPSA) is 189 Å². The van der Waals surface area contributed by atoms with E-state index in [-0.39, 0.29) is 18.5 Å². The van der Waals surface area contributed by atoms with Crippen molar-refractivity contribution in [1.29, 1.82) is 0 Å². The summed E-state index contributed by atoms with van der Waals surface area (Å²) in [6.07, 6.45) is 7.67. The summed E-state index contributed by atoms with van der Waals surface area (Å²) in [4.78, 5) is 38.4. The number of aromatic nitrogens is 6. The smallest absolute Gasteiger partial charge is 0.225 e. The van der Waals surface area contributed by atoms with E-state index in [1.165, 1.54) is 13.0 Å². The van der Waals surface area contributed by atoms with E-state index in [1.807, 2.05) is 26.8 Å². The molecule has 0 spiro atoms. The molecule has 14 heteroatoms. The number of carbonyl (C=O) groups is 1. The zero-order valence-corrected chi connectivity index (χ0v) is 26.7.